The number of carbonyl (C=O) groups excluding carboxylic acids is 1. The van der Waals surface area contributed by atoms with E-state index in [1.807, 2.05) is 6.92 Å². The molecule has 1 aromatic rings. The van der Waals surface area contributed by atoms with Crippen LogP contribution in [-0.4, -0.2) is 10.8 Å². The van der Waals surface area contributed by atoms with Crippen LogP contribution >= 0.6 is 11.3 Å². The Morgan fingerprint density at radius 1 is 1.17 bits per heavy atom. The van der Waals surface area contributed by atoms with E-state index in [0.717, 1.165) is 23.5 Å². The molecule has 1 aliphatic rings. The molecule has 0 N–H and O–H groups in total. The van der Waals surface area contributed by atoms with Gasteiger partial charge in [0.05, 0.1) is 12.1 Å². The highest BCUT2D eigenvalue weighted by molar-refractivity contribution is 7.11. The molecule has 0 aliphatic heterocycles. The predicted octanol–water partition coefficient (Wildman–Crippen LogP) is 4.23. The summed E-state index contributed by atoms with van der Waals surface area (Å²) in [6.07, 6.45) is 9.18. The fraction of sp³-hybridized carbons (Fsp3) is 0.733. The molecule has 0 saturated heterocycles. The molecule has 0 unspecified atom stereocenters. The molecule has 0 atom stereocenters. The maximum atomic E-state index is 12.3. The summed E-state index contributed by atoms with van der Waals surface area (Å²) in [7, 11) is 0. The molecule has 0 aromatic carbocycles. The lowest BCUT2D eigenvalue weighted by Crippen LogP contribution is -2.18. The Kier molecular flexibility index (Phi) is 4.93. The van der Waals surface area contributed by atoms with Crippen LogP contribution in [0.5, 0.6) is 0 Å². The van der Waals surface area contributed by atoms with Crippen molar-refractivity contribution in [1.82, 2.24) is 4.98 Å². The van der Waals surface area contributed by atoms with Gasteiger partial charge in [-0.05, 0) is 26.7 Å². The molecule has 3 heteroatoms. The SMILES string of the molecule is Cc1nc(CC(=O)C2CCCCCCC2)sc1C. The molecule has 0 radical (unpaired) electrons. The third-order valence-corrected chi connectivity index (χ3v) is 5.03. The molecular formula is C15H23NOS. The summed E-state index contributed by atoms with van der Waals surface area (Å²) < 4.78 is 0. The third kappa shape index (κ3) is 3.64. The van der Waals surface area contributed by atoms with E-state index in [1.165, 1.54) is 37.0 Å². The van der Waals surface area contributed by atoms with Crippen molar-refractivity contribution < 1.29 is 4.79 Å². The second kappa shape index (κ2) is 6.46. The lowest BCUT2D eigenvalue weighted by atomic mass is 9.87. The van der Waals surface area contributed by atoms with E-state index in [0.29, 0.717) is 18.1 Å². The quantitative estimate of drug-likeness (QED) is 0.818. The van der Waals surface area contributed by atoms with E-state index in [9.17, 15) is 4.79 Å². The molecule has 2 rings (SSSR count). The maximum Gasteiger partial charge on any atom is 0.142 e. The van der Waals surface area contributed by atoms with Crippen molar-refractivity contribution >= 4 is 17.1 Å². The highest BCUT2D eigenvalue weighted by atomic mass is 32.1. The number of aromatic nitrogens is 1. The number of rotatable bonds is 3. The fourth-order valence-corrected chi connectivity index (χ4v) is 3.63. The van der Waals surface area contributed by atoms with Crippen molar-refractivity contribution in [3.63, 3.8) is 0 Å². The lowest BCUT2D eigenvalue weighted by molar-refractivity contribution is -0.122. The monoisotopic (exact) mass is 265 g/mol. The van der Waals surface area contributed by atoms with Gasteiger partial charge in [-0.1, -0.05) is 32.1 Å². The zero-order valence-corrected chi connectivity index (χ0v) is 12.3. The minimum absolute atomic E-state index is 0.301. The molecule has 1 fully saturated rings. The smallest absolute Gasteiger partial charge is 0.142 e. The number of ketones is 1. The van der Waals surface area contributed by atoms with Crippen molar-refractivity contribution in [2.24, 2.45) is 5.92 Å². The van der Waals surface area contributed by atoms with Gasteiger partial charge in [0.2, 0.25) is 0 Å². The number of hydrogen-bond donors (Lipinski definition) is 0. The molecule has 100 valence electrons. The molecule has 1 heterocycles. The Balaban J connectivity index is 1.93. The molecule has 0 amide bonds. The topological polar surface area (TPSA) is 30.0 Å². The first-order chi connectivity index (χ1) is 8.66. The summed E-state index contributed by atoms with van der Waals surface area (Å²) in [5.74, 6) is 0.723. The van der Waals surface area contributed by atoms with Gasteiger partial charge in [-0.3, -0.25) is 4.79 Å². The van der Waals surface area contributed by atoms with Gasteiger partial charge in [-0.2, -0.15) is 0 Å². The van der Waals surface area contributed by atoms with Crippen molar-refractivity contribution in [2.45, 2.75) is 65.2 Å². The van der Waals surface area contributed by atoms with Crippen LogP contribution in [0.15, 0.2) is 0 Å². The fourth-order valence-electron chi connectivity index (χ4n) is 2.69. The van der Waals surface area contributed by atoms with Crippen LogP contribution in [0, 0.1) is 19.8 Å². The largest absolute Gasteiger partial charge is 0.299 e. The number of hydrogen-bond acceptors (Lipinski definition) is 3. The van der Waals surface area contributed by atoms with Gasteiger partial charge in [-0.15, -0.1) is 11.3 Å². The molecule has 18 heavy (non-hydrogen) atoms. The summed E-state index contributed by atoms with van der Waals surface area (Å²) in [5.41, 5.74) is 1.08. The van der Waals surface area contributed by atoms with Gasteiger partial charge in [0.25, 0.3) is 0 Å². The van der Waals surface area contributed by atoms with Gasteiger partial charge in [0, 0.05) is 10.8 Å². The minimum Gasteiger partial charge on any atom is -0.299 e. The summed E-state index contributed by atoms with van der Waals surface area (Å²) >= 11 is 1.68. The first kappa shape index (κ1) is 13.7. The molecule has 0 bridgehead atoms. The van der Waals surface area contributed by atoms with Gasteiger partial charge in [-0.25, -0.2) is 4.98 Å². The van der Waals surface area contributed by atoms with Gasteiger partial charge in [0.15, 0.2) is 0 Å². The van der Waals surface area contributed by atoms with E-state index in [4.69, 9.17) is 0 Å². The number of aryl methyl sites for hydroxylation is 2. The molecule has 2 nitrogen and oxygen atoms in total. The minimum atomic E-state index is 0.301. The van der Waals surface area contributed by atoms with Crippen molar-refractivity contribution in [2.75, 3.05) is 0 Å². The highest BCUT2D eigenvalue weighted by Gasteiger charge is 2.20. The Morgan fingerprint density at radius 3 is 2.33 bits per heavy atom. The van der Waals surface area contributed by atoms with Crippen LogP contribution in [0.1, 0.15) is 60.5 Å². The Bertz CT molecular complexity index is 383. The number of nitrogens with zero attached hydrogens (tertiary/aromatic N) is 1. The van der Waals surface area contributed by atoms with E-state index < -0.39 is 0 Å². The Hall–Kier alpha value is -0.700. The molecule has 1 aliphatic carbocycles. The molecule has 1 saturated carbocycles. The van der Waals surface area contributed by atoms with E-state index in [-0.39, 0.29) is 0 Å². The maximum absolute atomic E-state index is 12.3. The van der Waals surface area contributed by atoms with Crippen LogP contribution in [0.4, 0.5) is 0 Å². The van der Waals surface area contributed by atoms with Crippen LogP contribution in [0.25, 0.3) is 0 Å². The Labute approximate surface area is 114 Å². The van der Waals surface area contributed by atoms with Gasteiger partial charge in [0.1, 0.15) is 10.8 Å². The van der Waals surface area contributed by atoms with Crippen LogP contribution < -0.4 is 0 Å². The number of Topliss-reactive ketones (excluding diaryl/α,β-unsaturated/α-hetero) is 1. The van der Waals surface area contributed by atoms with Gasteiger partial charge < -0.3 is 0 Å². The molecule has 0 spiro atoms. The average molecular weight is 265 g/mol. The zero-order valence-electron chi connectivity index (χ0n) is 11.5. The van der Waals surface area contributed by atoms with E-state index in [1.54, 1.807) is 11.3 Å². The summed E-state index contributed by atoms with van der Waals surface area (Å²) in [6.45, 7) is 4.10. The van der Waals surface area contributed by atoms with Crippen LogP contribution in [-0.2, 0) is 11.2 Å². The summed E-state index contributed by atoms with van der Waals surface area (Å²) in [5, 5.41) is 1.01. The third-order valence-electron chi connectivity index (χ3n) is 3.96. The number of thiazole rings is 1. The van der Waals surface area contributed by atoms with Crippen molar-refractivity contribution in [1.29, 1.82) is 0 Å². The van der Waals surface area contributed by atoms with Gasteiger partial charge >= 0.3 is 0 Å². The summed E-state index contributed by atoms with van der Waals surface area (Å²) in [4.78, 5) is 18.1. The predicted molar refractivity (Wildman–Crippen MR) is 76.1 cm³/mol. The number of carbonyl (C=O) groups is 1. The standard InChI is InChI=1S/C15H23NOS/c1-11-12(2)18-15(16-11)10-14(17)13-8-6-4-3-5-7-9-13/h13H,3-10H2,1-2H3. The lowest BCUT2D eigenvalue weighted by Gasteiger charge is -2.17. The second-order valence-electron chi connectivity index (χ2n) is 5.43. The molecular weight excluding hydrogens is 242 g/mol. The molecule has 1 aromatic heterocycles. The van der Waals surface area contributed by atoms with Crippen LogP contribution in [0.3, 0.4) is 0 Å². The summed E-state index contributed by atoms with van der Waals surface area (Å²) in [6, 6.07) is 0. The van der Waals surface area contributed by atoms with E-state index >= 15 is 0 Å². The normalized spacial score (nSPS) is 18.3. The van der Waals surface area contributed by atoms with Crippen molar-refractivity contribution in [3.05, 3.63) is 15.6 Å². The first-order valence-electron chi connectivity index (χ1n) is 7.12. The zero-order chi connectivity index (χ0) is 13.0. The Morgan fingerprint density at radius 2 is 1.78 bits per heavy atom. The van der Waals surface area contributed by atoms with Crippen molar-refractivity contribution in [3.8, 4) is 0 Å². The van der Waals surface area contributed by atoms with E-state index in [2.05, 4.69) is 11.9 Å². The highest BCUT2D eigenvalue weighted by Crippen LogP contribution is 2.25. The average Bonchev–Trinajstić information content (AvgIpc) is 2.56. The first-order valence-corrected chi connectivity index (χ1v) is 7.94. The van der Waals surface area contributed by atoms with Crippen LogP contribution in [0.2, 0.25) is 0 Å². The second-order valence-corrected chi connectivity index (χ2v) is 6.72.